The summed E-state index contributed by atoms with van der Waals surface area (Å²) < 4.78 is 16.8. The Morgan fingerprint density at radius 2 is 1.66 bits per heavy atom. The summed E-state index contributed by atoms with van der Waals surface area (Å²) in [6, 6.07) is 21.8. The number of piperazine rings is 1. The summed E-state index contributed by atoms with van der Waals surface area (Å²) in [6.07, 6.45) is 2.70. The molecule has 0 aliphatic carbocycles. The molecule has 0 saturated carbocycles. The number of anilines is 2. The molecule has 0 unspecified atom stereocenters. The fraction of sp³-hybridized carbons (Fsp3) is 0.286. The van der Waals surface area contributed by atoms with Crippen LogP contribution in [0.1, 0.15) is 24.5 Å². The number of carbonyl (C=O) groups excluding carboxylic acids is 2. The molecule has 3 heterocycles. The molecule has 2 aliphatic rings. The largest absolute Gasteiger partial charge is 0.454 e. The number of aromatic nitrogens is 1. The predicted molar refractivity (Wildman–Crippen MR) is 182 cm³/mol. The molecule has 1 N–H and O–H groups in total. The standard InChI is InChI=1S/C35H35Cl2N5O5/c1-2-42(35(44)39-26-7-11-29(36)30(37)20-26)27-8-13-33(38-21-27)47-28-9-3-24(4-10-28)6-14-34(43)41-17-15-40(16-18-41)22-25-5-12-31-32(19-25)46-23-45-31/h3-5,7-13,19-21H,2,6,14-18,22-23H2,1H3,(H,39,44). The van der Waals surface area contributed by atoms with Crippen molar-refractivity contribution in [1.29, 1.82) is 0 Å². The van der Waals surface area contributed by atoms with Crippen LogP contribution in [0.5, 0.6) is 23.1 Å². The fourth-order valence-corrected chi connectivity index (χ4v) is 5.81. The summed E-state index contributed by atoms with van der Waals surface area (Å²) in [6.45, 7) is 6.51. The van der Waals surface area contributed by atoms with Crippen molar-refractivity contribution >= 4 is 46.5 Å². The molecule has 0 bridgehead atoms. The Labute approximate surface area is 283 Å². The second kappa shape index (κ2) is 14.9. The summed E-state index contributed by atoms with van der Waals surface area (Å²) in [4.78, 5) is 36.1. The molecule has 0 spiro atoms. The lowest BCUT2D eigenvalue weighted by molar-refractivity contribution is -0.133. The summed E-state index contributed by atoms with van der Waals surface area (Å²) >= 11 is 12.0. The van der Waals surface area contributed by atoms with Crippen LogP contribution < -0.4 is 24.4 Å². The van der Waals surface area contributed by atoms with Gasteiger partial charge >= 0.3 is 6.03 Å². The minimum atomic E-state index is -0.324. The smallest absolute Gasteiger partial charge is 0.326 e. The van der Waals surface area contributed by atoms with Crippen molar-refractivity contribution in [1.82, 2.24) is 14.8 Å². The molecule has 0 radical (unpaired) electrons. The Morgan fingerprint density at radius 1 is 0.894 bits per heavy atom. The number of nitrogens with zero attached hydrogens (tertiary/aromatic N) is 4. The number of urea groups is 1. The molecule has 12 heteroatoms. The second-order valence-corrected chi connectivity index (χ2v) is 12.1. The molecule has 1 saturated heterocycles. The molecule has 47 heavy (non-hydrogen) atoms. The van der Waals surface area contributed by atoms with Gasteiger partial charge in [0.25, 0.3) is 0 Å². The highest BCUT2D eigenvalue weighted by atomic mass is 35.5. The number of halogens is 2. The van der Waals surface area contributed by atoms with Crippen LogP contribution in [0, 0.1) is 0 Å². The van der Waals surface area contributed by atoms with Crippen LogP contribution in [0.3, 0.4) is 0 Å². The first-order valence-electron chi connectivity index (χ1n) is 15.5. The Balaban J connectivity index is 0.939. The number of fused-ring (bicyclic) bond motifs is 1. The van der Waals surface area contributed by atoms with E-state index in [4.69, 9.17) is 37.4 Å². The van der Waals surface area contributed by atoms with Crippen molar-refractivity contribution < 1.29 is 23.8 Å². The van der Waals surface area contributed by atoms with E-state index in [-0.39, 0.29) is 18.7 Å². The van der Waals surface area contributed by atoms with Gasteiger partial charge in [-0.1, -0.05) is 41.4 Å². The van der Waals surface area contributed by atoms with Gasteiger partial charge in [-0.05, 0) is 73.0 Å². The molecule has 244 valence electrons. The number of ether oxygens (including phenoxy) is 3. The van der Waals surface area contributed by atoms with E-state index < -0.39 is 0 Å². The molecule has 3 aromatic carbocycles. The Bertz CT molecular complexity index is 1710. The molecular weight excluding hydrogens is 641 g/mol. The number of hydrogen-bond donors (Lipinski definition) is 1. The van der Waals surface area contributed by atoms with Crippen LogP contribution in [0.2, 0.25) is 10.0 Å². The summed E-state index contributed by atoms with van der Waals surface area (Å²) in [5, 5.41) is 3.60. The van der Waals surface area contributed by atoms with Crippen molar-refractivity contribution in [3.63, 3.8) is 0 Å². The lowest BCUT2D eigenvalue weighted by atomic mass is 10.1. The van der Waals surface area contributed by atoms with Gasteiger partial charge in [-0.15, -0.1) is 0 Å². The van der Waals surface area contributed by atoms with E-state index in [1.165, 1.54) is 5.56 Å². The lowest BCUT2D eigenvalue weighted by Gasteiger charge is -2.34. The topological polar surface area (TPSA) is 96.5 Å². The highest BCUT2D eigenvalue weighted by Gasteiger charge is 2.22. The minimum Gasteiger partial charge on any atom is -0.454 e. The molecule has 0 atom stereocenters. The maximum Gasteiger partial charge on any atom is 0.326 e. The summed E-state index contributed by atoms with van der Waals surface area (Å²) in [5.74, 6) is 2.79. The van der Waals surface area contributed by atoms with Crippen molar-refractivity contribution in [3.8, 4) is 23.1 Å². The van der Waals surface area contributed by atoms with Gasteiger partial charge in [0, 0.05) is 57.4 Å². The first kappa shape index (κ1) is 32.4. The molecule has 3 amide bonds. The molecule has 2 aliphatic heterocycles. The lowest BCUT2D eigenvalue weighted by Crippen LogP contribution is -2.48. The van der Waals surface area contributed by atoms with Gasteiger partial charge in [-0.25, -0.2) is 9.78 Å². The second-order valence-electron chi connectivity index (χ2n) is 11.2. The van der Waals surface area contributed by atoms with Crippen LogP contribution in [0.25, 0.3) is 0 Å². The molecule has 4 aromatic rings. The molecule has 1 aromatic heterocycles. The number of pyridine rings is 1. The highest BCUT2D eigenvalue weighted by Crippen LogP contribution is 2.33. The maximum atomic E-state index is 12.9. The molecule has 1 fully saturated rings. The van der Waals surface area contributed by atoms with E-state index in [0.717, 1.165) is 49.8 Å². The highest BCUT2D eigenvalue weighted by molar-refractivity contribution is 6.42. The average molecular weight is 677 g/mol. The molecule has 6 rings (SSSR count). The van der Waals surface area contributed by atoms with Gasteiger partial charge in [0.05, 0.1) is 21.9 Å². The average Bonchev–Trinajstić information content (AvgIpc) is 3.56. The zero-order valence-corrected chi connectivity index (χ0v) is 27.5. The van der Waals surface area contributed by atoms with Gasteiger partial charge in [0.1, 0.15) is 5.75 Å². The third-order valence-corrected chi connectivity index (χ3v) is 8.85. The zero-order valence-electron chi connectivity index (χ0n) is 26.0. The van der Waals surface area contributed by atoms with Crippen LogP contribution >= 0.6 is 23.2 Å². The van der Waals surface area contributed by atoms with E-state index in [1.54, 1.807) is 41.4 Å². The first-order chi connectivity index (χ1) is 22.8. The number of rotatable bonds is 10. The molecular formula is C35H35Cl2N5O5. The van der Waals surface area contributed by atoms with E-state index in [0.29, 0.717) is 52.4 Å². The Kier molecular flexibility index (Phi) is 10.3. The van der Waals surface area contributed by atoms with Gasteiger partial charge in [-0.2, -0.15) is 0 Å². The van der Waals surface area contributed by atoms with Crippen LogP contribution in [0.4, 0.5) is 16.2 Å². The van der Waals surface area contributed by atoms with Gasteiger partial charge in [0.2, 0.25) is 18.6 Å². The maximum absolute atomic E-state index is 12.9. The monoisotopic (exact) mass is 675 g/mol. The number of carbonyl (C=O) groups is 2. The Hall–Kier alpha value is -4.51. The zero-order chi connectivity index (χ0) is 32.8. The predicted octanol–water partition coefficient (Wildman–Crippen LogP) is 7.24. The number of aryl methyl sites for hydroxylation is 1. The number of benzene rings is 3. The van der Waals surface area contributed by atoms with Crippen molar-refractivity contribution in [2.45, 2.75) is 26.3 Å². The van der Waals surface area contributed by atoms with E-state index in [2.05, 4.69) is 21.3 Å². The van der Waals surface area contributed by atoms with Crippen LogP contribution in [0.15, 0.2) is 79.0 Å². The SMILES string of the molecule is CCN(C(=O)Nc1ccc(Cl)c(Cl)c1)c1ccc(Oc2ccc(CCC(=O)N3CCN(Cc4ccc5c(c4)OCO5)CC3)cc2)nc1. The third-order valence-electron chi connectivity index (χ3n) is 8.11. The van der Waals surface area contributed by atoms with Gasteiger partial charge in [0.15, 0.2) is 11.5 Å². The van der Waals surface area contributed by atoms with Gasteiger partial charge < -0.3 is 24.4 Å². The van der Waals surface area contributed by atoms with Crippen LogP contribution in [-0.2, 0) is 17.8 Å². The van der Waals surface area contributed by atoms with Gasteiger partial charge in [-0.3, -0.25) is 14.6 Å². The van der Waals surface area contributed by atoms with Crippen molar-refractivity contribution in [2.24, 2.45) is 0 Å². The summed E-state index contributed by atoms with van der Waals surface area (Å²) in [7, 11) is 0. The van der Waals surface area contributed by atoms with Crippen molar-refractivity contribution in [2.75, 3.05) is 49.7 Å². The quantitative estimate of drug-likeness (QED) is 0.189. The molecule has 10 nitrogen and oxygen atoms in total. The third kappa shape index (κ3) is 8.26. The van der Waals surface area contributed by atoms with E-state index in [9.17, 15) is 9.59 Å². The van der Waals surface area contributed by atoms with E-state index in [1.807, 2.05) is 48.2 Å². The number of nitrogens with one attached hydrogen (secondary N) is 1. The summed E-state index contributed by atoms with van der Waals surface area (Å²) in [5.41, 5.74) is 3.39. The first-order valence-corrected chi connectivity index (χ1v) is 16.3. The normalized spacial score (nSPS) is 14.1. The fourth-order valence-electron chi connectivity index (χ4n) is 5.51. The number of amides is 3. The van der Waals surface area contributed by atoms with Crippen LogP contribution in [-0.4, -0.2) is 66.2 Å². The minimum absolute atomic E-state index is 0.170. The number of hydrogen-bond acceptors (Lipinski definition) is 7. The van der Waals surface area contributed by atoms with E-state index >= 15 is 0 Å². The Morgan fingerprint density at radius 3 is 2.38 bits per heavy atom. The van der Waals surface area contributed by atoms with Crippen molar-refractivity contribution in [3.05, 3.63) is 100 Å².